The number of halogens is 1. The minimum Gasteiger partial charge on any atom is -0.352 e. The summed E-state index contributed by atoms with van der Waals surface area (Å²) in [4.78, 5) is 17.0. The first-order valence-corrected chi connectivity index (χ1v) is 9.75. The summed E-state index contributed by atoms with van der Waals surface area (Å²) in [5.74, 6) is 0.442. The summed E-state index contributed by atoms with van der Waals surface area (Å²) in [6, 6.07) is 16.4. The van der Waals surface area contributed by atoms with Gasteiger partial charge in [0.25, 0.3) is 0 Å². The van der Waals surface area contributed by atoms with Gasteiger partial charge in [0, 0.05) is 18.2 Å². The molecule has 146 valence electrons. The van der Waals surface area contributed by atoms with Gasteiger partial charge in [-0.15, -0.1) is 12.4 Å². The van der Waals surface area contributed by atoms with Crippen molar-refractivity contribution in [2.45, 2.75) is 25.8 Å². The van der Waals surface area contributed by atoms with Crippen LogP contribution in [0.2, 0.25) is 0 Å². The van der Waals surface area contributed by atoms with Crippen molar-refractivity contribution in [3.8, 4) is 5.69 Å². The van der Waals surface area contributed by atoms with E-state index in [4.69, 9.17) is 0 Å². The lowest BCUT2D eigenvalue weighted by Crippen LogP contribution is -2.33. The minimum atomic E-state index is 0. The van der Waals surface area contributed by atoms with E-state index in [0.29, 0.717) is 12.0 Å². The van der Waals surface area contributed by atoms with Crippen LogP contribution in [0.4, 0.5) is 0 Å². The molecule has 1 aliphatic carbocycles. The normalized spacial score (nSPS) is 19.9. The predicted molar refractivity (Wildman–Crippen MR) is 113 cm³/mol. The Balaban J connectivity index is 0.00000192. The molecule has 2 N–H and O–H groups in total. The lowest BCUT2D eigenvalue weighted by molar-refractivity contribution is -0.123. The molecular weight excluding hydrogens is 372 g/mol. The number of carbonyl (C=O) groups is 1. The standard InChI is InChI=1S/C22H24N4O.ClH/c27-21(18-13-22(18)9-11-23-12-10-22)24-14-16-5-7-17(8-6-16)26-15-25-19-3-1-2-4-20(19)26;/h1-8,15,18,23H,9-14H2,(H,24,27);1H. The van der Waals surface area contributed by atoms with Crippen LogP contribution in [0.5, 0.6) is 0 Å². The van der Waals surface area contributed by atoms with Crippen LogP contribution >= 0.6 is 12.4 Å². The molecule has 5 rings (SSSR count). The van der Waals surface area contributed by atoms with E-state index in [-0.39, 0.29) is 24.2 Å². The average Bonchev–Trinajstić information content (AvgIpc) is 3.23. The summed E-state index contributed by atoms with van der Waals surface area (Å²) in [7, 11) is 0. The summed E-state index contributed by atoms with van der Waals surface area (Å²) >= 11 is 0. The molecule has 3 aromatic rings. The van der Waals surface area contributed by atoms with Crippen molar-refractivity contribution in [1.82, 2.24) is 20.2 Å². The zero-order valence-electron chi connectivity index (χ0n) is 15.7. The van der Waals surface area contributed by atoms with E-state index in [1.165, 1.54) is 0 Å². The molecule has 2 heterocycles. The van der Waals surface area contributed by atoms with Crippen molar-refractivity contribution in [1.29, 1.82) is 0 Å². The second-order valence-electron chi connectivity index (χ2n) is 7.86. The molecular formula is C22H25ClN4O. The Morgan fingerprint density at radius 1 is 1.14 bits per heavy atom. The number of para-hydroxylation sites is 2. The number of aromatic nitrogens is 2. The molecule has 1 unspecified atom stereocenters. The van der Waals surface area contributed by atoms with Crippen LogP contribution in [0.3, 0.4) is 0 Å². The zero-order valence-corrected chi connectivity index (χ0v) is 16.5. The number of carbonyl (C=O) groups excluding carboxylic acids is 1. The fourth-order valence-corrected chi connectivity index (χ4v) is 4.45. The Morgan fingerprint density at radius 3 is 2.68 bits per heavy atom. The lowest BCUT2D eigenvalue weighted by Gasteiger charge is -2.23. The molecule has 1 aromatic heterocycles. The Hall–Kier alpha value is -2.37. The topological polar surface area (TPSA) is 59.0 Å². The second kappa shape index (κ2) is 7.57. The SMILES string of the molecule is Cl.O=C(NCc1ccc(-n2cnc3ccccc32)cc1)C1CC12CCNCC2. The van der Waals surface area contributed by atoms with Gasteiger partial charge in [-0.05, 0) is 67.6 Å². The van der Waals surface area contributed by atoms with Crippen molar-refractivity contribution in [3.05, 3.63) is 60.4 Å². The predicted octanol–water partition coefficient (Wildman–Crippen LogP) is 3.45. The van der Waals surface area contributed by atoms with Gasteiger partial charge >= 0.3 is 0 Å². The Morgan fingerprint density at radius 2 is 1.89 bits per heavy atom. The summed E-state index contributed by atoms with van der Waals surface area (Å²) in [6.45, 7) is 2.69. The third-order valence-electron chi connectivity index (χ3n) is 6.24. The number of benzene rings is 2. The molecule has 28 heavy (non-hydrogen) atoms. The lowest BCUT2D eigenvalue weighted by atomic mass is 9.92. The highest BCUT2D eigenvalue weighted by atomic mass is 35.5. The Labute approximate surface area is 170 Å². The first kappa shape index (κ1) is 19.0. The highest BCUT2D eigenvalue weighted by Gasteiger charge is 2.57. The number of rotatable bonds is 4. The Kier molecular flexibility index (Phi) is 5.13. The summed E-state index contributed by atoms with van der Waals surface area (Å²) < 4.78 is 2.09. The van der Waals surface area contributed by atoms with Crippen LogP contribution in [0.25, 0.3) is 16.7 Å². The van der Waals surface area contributed by atoms with E-state index in [0.717, 1.165) is 54.6 Å². The Bertz CT molecular complexity index is 976. The summed E-state index contributed by atoms with van der Waals surface area (Å²) in [5, 5.41) is 6.53. The number of piperidine rings is 1. The van der Waals surface area contributed by atoms with Crippen molar-refractivity contribution in [2.24, 2.45) is 11.3 Å². The second-order valence-corrected chi connectivity index (χ2v) is 7.86. The fourth-order valence-electron chi connectivity index (χ4n) is 4.45. The van der Waals surface area contributed by atoms with Gasteiger partial charge in [0.1, 0.15) is 6.33 Å². The third kappa shape index (κ3) is 3.40. The number of nitrogens with one attached hydrogen (secondary N) is 2. The maximum Gasteiger partial charge on any atom is 0.223 e. The maximum atomic E-state index is 12.5. The van der Waals surface area contributed by atoms with Gasteiger partial charge in [-0.25, -0.2) is 4.98 Å². The molecule has 0 radical (unpaired) electrons. The molecule has 2 fully saturated rings. The number of fused-ring (bicyclic) bond motifs is 1. The molecule has 5 nitrogen and oxygen atoms in total. The quantitative estimate of drug-likeness (QED) is 0.710. The first-order valence-electron chi connectivity index (χ1n) is 9.75. The molecule has 2 aliphatic rings. The van der Waals surface area contributed by atoms with Crippen LogP contribution in [0, 0.1) is 11.3 Å². The largest absolute Gasteiger partial charge is 0.352 e. The van der Waals surface area contributed by atoms with Gasteiger partial charge in [-0.1, -0.05) is 24.3 Å². The van der Waals surface area contributed by atoms with E-state index in [1.54, 1.807) is 0 Å². The van der Waals surface area contributed by atoms with Gasteiger partial charge in [0.15, 0.2) is 0 Å². The highest BCUT2D eigenvalue weighted by molar-refractivity contribution is 5.85. The van der Waals surface area contributed by atoms with Gasteiger partial charge in [-0.3, -0.25) is 9.36 Å². The van der Waals surface area contributed by atoms with E-state index >= 15 is 0 Å². The number of nitrogens with zero attached hydrogens (tertiary/aromatic N) is 2. The molecule has 1 saturated carbocycles. The molecule has 1 saturated heterocycles. The smallest absolute Gasteiger partial charge is 0.223 e. The van der Waals surface area contributed by atoms with Crippen molar-refractivity contribution in [3.63, 3.8) is 0 Å². The molecule has 2 aromatic carbocycles. The van der Waals surface area contributed by atoms with Crippen molar-refractivity contribution < 1.29 is 4.79 Å². The van der Waals surface area contributed by atoms with Gasteiger partial charge in [0.2, 0.25) is 5.91 Å². The maximum absolute atomic E-state index is 12.5. The number of imidazole rings is 1. The number of hydrogen-bond acceptors (Lipinski definition) is 3. The van der Waals surface area contributed by atoms with E-state index in [9.17, 15) is 4.79 Å². The molecule has 6 heteroatoms. The third-order valence-corrected chi connectivity index (χ3v) is 6.24. The minimum absolute atomic E-state index is 0. The monoisotopic (exact) mass is 396 g/mol. The van der Waals surface area contributed by atoms with Crippen LogP contribution in [0.15, 0.2) is 54.9 Å². The number of hydrogen-bond donors (Lipinski definition) is 2. The van der Waals surface area contributed by atoms with Gasteiger partial charge in [-0.2, -0.15) is 0 Å². The molecule has 1 spiro atoms. The van der Waals surface area contributed by atoms with Crippen LogP contribution in [0.1, 0.15) is 24.8 Å². The zero-order chi connectivity index (χ0) is 18.3. The molecule has 1 amide bonds. The highest BCUT2D eigenvalue weighted by Crippen LogP contribution is 2.58. The van der Waals surface area contributed by atoms with Crippen LogP contribution in [-0.2, 0) is 11.3 Å². The average molecular weight is 397 g/mol. The van der Waals surface area contributed by atoms with Crippen LogP contribution < -0.4 is 10.6 Å². The molecule has 1 aliphatic heterocycles. The van der Waals surface area contributed by atoms with Crippen molar-refractivity contribution >= 4 is 29.3 Å². The molecule has 0 bridgehead atoms. The first-order chi connectivity index (χ1) is 13.3. The van der Waals surface area contributed by atoms with E-state index in [2.05, 4.69) is 50.5 Å². The fraction of sp³-hybridized carbons (Fsp3) is 0.364. The van der Waals surface area contributed by atoms with Crippen LogP contribution in [-0.4, -0.2) is 28.5 Å². The summed E-state index contributed by atoms with van der Waals surface area (Å²) in [5.41, 5.74) is 4.58. The van der Waals surface area contributed by atoms with E-state index in [1.807, 2.05) is 24.5 Å². The summed E-state index contributed by atoms with van der Waals surface area (Å²) in [6.07, 6.45) is 5.19. The van der Waals surface area contributed by atoms with Gasteiger partial charge < -0.3 is 10.6 Å². The van der Waals surface area contributed by atoms with Gasteiger partial charge in [0.05, 0.1) is 11.0 Å². The van der Waals surface area contributed by atoms with E-state index < -0.39 is 0 Å². The van der Waals surface area contributed by atoms with Crippen molar-refractivity contribution in [2.75, 3.05) is 13.1 Å². The number of amides is 1. The molecule has 1 atom stereocenters.